The van der Waals surface area contributed by atoms with Crippen molar-refractivity contribution in [1.29, 1.82) is 0 Å². The Labute approximate surface area is 150 Å². The third kappa shape index (κ3) is 4.34. The summed E-state index contributed by atoms with van der Waals surface area (Å²) in [6.45, 7) is 7.49. The van der Waals surface area contributed by atoms with Crippen molar-refractivity contribution in [3.05, 3.63) is 35.4 Å². The Kier molecular flexibility index (Phi) is 6.23. The Balaban J connectivity index is 1.65. The highest BCUT2D eigenvalue weighted by Crippen LogP contribution is 2.32. The van der Waals surface area contributed by atoms with E-state index in [-0.39, 0.29) is 6.04 Å². The minimum Gasteiger partial charge on any atom is -0.334 e. The molecular formula is C20H30N2OS. The van der Waals surface area contributed by atoms with Gasteiger partial charge in [-0.15, -0.1) is 0 Å². The molecule has 1 aromatic carbocycles. The van der Waals surface area contributed by atoms with Crippen LogP contribution in [0.15, 0.2) is 24.3 Å². The number of hydrogen-bond donors (Lipinski definition) is 1. The zero-order valence-electron chi connectivity index (χ0n) is 15.0. The second-order valence-electron chi connectivity index (χ2n) is 7.36. The molecule has 0 aliphatic carbocycles. The number of nitrogens with zero attached hydrogens (tertiary/aromatic N) is 1. The van der Waals surface area contributed by atoms with Crippen LogP contribution in [0.4, 0.5) is 0 Å². The maximum atomic E-state index is 13.0. The summed E-state index contributed by atoms with van der Waals surface area (Å²) in [4.78, 5) is 15.2. The third-order valence-electron chi connectivity index (χ3n) is 5.60. The van der Waals surface area contributed by atoms with Gasteiger partial charge in [0.1, 0.15) is 0 Å². The molecule has 0 aromatic heterocycles. The predicted molar refractivity (Wildman–Crippen MR) is 102 cm³/mol. The predicted octanol–water partition coefficient (Wildman–Crippen LogP) is 3.64. The van der Waals surface area contributed by atoms with Crippen molar-refractivity contribution >= 4 is 17.7 Å². The summed E-state index contributed by atoms with van der Waals surface area (Å²) in [5, 5.41) is 3.42. The number of nitrogens with one attached hydrogen (secondary N) is 1. The van der Waals surface area contributed by atoms with Crippen LogP contribution in [0, 0.1) is 18.8 Å². The quantitative estimate of drug-likeness (QED) is 0.903. The van der Waals surface area contributed by atoms with Crippen molar-refractivity contribution in [2.75, 3.05) is 31.1 Å². The van der Waals surface area contributed by atoms with E-state index >= 15 is 0 Å². The summed E-state index contributed by atoms with van der Waals surface area (Å²) in [5.41, 5.74) is 2.57. The Hall–Kier alpha value is -1.00. The van der Waals surface area contributed by atoms with Gasteiger partial charge in [0, 0.05) is 24.5 Å². The molecule has 2 aliphatic rings. The van der Waals surface area contributed by atoms with Crippen LogP contribution in [0.3, 0.4) is 0 Å². The van der Waals surface area contributed by atoms with Gasteiger partial charge in [0.25, 0.3) is 0 Å². The van der Waals surface area contributed by atoms with Gasteiger partial charge in [-0.3, -0.25) is 4.79 Å². The molecule has 2 unspecified atom stereocenters. The minimum absolute atomic E-state index is 0.247. The molecule has 3 rings (SSSR count). The van der Waals surface area contributed by atoms with E-state index in [4.69, 9.17) is 0 Å². The molecule has 4 heteroatoms. The molecule has 1 aromatic rings. The molecule has 0 saturated carbocycles. The highest BCUT2D eigenvalue weighted by Gasteiger charge is 2.30. The fourth-order valence-electron chi connectivity index (χ4n) is 3.94. The van der Waals surface area contributed by atoms with Crippen LogP contribution in [0.25, 0.3) is 0 Å². The molecule has 1 N–H and O–H groups in total. The molecule has 0 radical (unpaired) electrons. The summed E-state index contributed by atoms with van der Waals surface area (Å²) < 4.78 is 0. The fraction of sp³-hybridized carbons (Fsp3) is 0.650. The van der Waals surface area contributed by atoms with Crippen LogP contribution in [0.5, 0.6) is 0 Å². The number of piperidine rings is 1. The van der Waals surface area contributed by atoms with Gasteiger partial charge >= 0.3 is 0 Å². The SMILES string of the molecule is Cc1ccc(C2CSCCN2C(=O)CC(C)C2CCNCC2)cc1. The van der Waals surface area contributed by atoms with E-state index in [2.05, 4.69) is 48.3 Å². The molecule has 132 valence electrons. The number of benzene rings is 1. The van der Waals surface area contributed by atoms with Crippen LogP contribution in [-0.4, -0.2) is 41.9 Å². The van der Waals surface area contributed by atoms with E-state index in [9.17, 15) is 4.79 Å². The Bertz CT molecular complexity index is 539. The van der Waals surface area contributed by atoms with E-state index in [1.165, 1.54) is 24.0 Å². The summed E-state index contributed by atoms with van der Waals surface area (Å²) >= 11 is 1.97. The van der Waals surface area contributed by atoms with Gasteiger partial charge in [-0.1, -0.05) is 36.8 Å². The van der Waals surface area contributed by atoms with Gasteiger partial charge < -0.3 is 10.2 Å². The van der Waals surface area contributed by atoms with Crippen molar-refractivity contribution in [2.45, 2.75) is 39.2 Å². The largest absolute Gasteiger partial charge is 0.334 e. The van der Waals surface area contributed by atoms with E-state index in [1.54, 1.807) is 0 Å². The van der Waals surface area contributed by atoms with Gasteiger partial charge in [0.15, 0.2) is 0 Å². The fourth-order valence-corrected chi connectivity index (χ4v) is 5.03. The number of thioether (sulfide) groups is 1. The molecule has 24 heavy (non-hydrogen) atoms. The summed E-state index contributed by atoms with van der Waals surface area (Å²) in [7, 11) is 0. The first kappa shape index (κ1) is 17.8. The highest BCUT2D eigenvalue weighted by atomic mass is 32.2. The number of carbonyl (C=O) groups excluding carboxylic acids is 1. The molecule has 0 spiro atoms. The van der Waals surface area contributed by atoms with Crippen molar-refractivity contribution in [3.8, 4) is 0 Å². The van der Waals surface area contributed by atoms with E-state index < -0.39 is 0 Å². The van der Waals surface area contributed by atoms with Gasteiger partial charge in [0.05, 0.1) is 6.04 Å². The second kappa shape index (κ2) is 8.39. The lowest BCUT2D eigenvalue weighted by atomic mass is 9.84. The topological polar surface area (TPSA) is 32.3 Å². The van der Waals surface area contributed by atoms with Crippen LogP contribution in [-0.2, 0) is 4.79 Å². The molecular weight excluding hydrogens is 316 g/mol. The minimum atomic E-state index is 0.247. The van der Waals surface area contributed by atoms with Crippen LogP contribution < -0.4 is 5.32 Å². The molecule has 0 bridgehead atoms. The van der Waals surface area contributed by atoms with E-state index in [0.717, 1.165) is 31.1 Å². The van der Waals surface area contributed by atoms with Gasteiger partial charge in [0.2, 0.25) is 5.91 Å². The Morgan fingerprint density at radius 2 is 2.00 bits per heavy atom. The summed E-state index contributed by atoms with van der Waals surface area (Å²) in [6, 6.07) is 8.96. The van der Waals surface area contributed by atoms with Crippen molar-refractivity contribution in [2.24, 2.45) is 11.8 Å². The Morgan fingerprint density at radius 3 is 2.71 bits per heavy atom. The number of aryl methyl sites for hydroxylation is 1. The van der Waals surface area contributed by atoms with Gasteiger partial charge in [-0.05, 0) is 50.3 Å². The van der Waals surface area contributed by atoms with Gasteiger partial charge in [-0.25, -0.2) is 0 Å². The smallest absolute Gasteiger partial charge is 0.223 e. The number of carbonyl (C=O) groups is 1. The number of hydrogen-bond acceptors (Lipinski definition) is 3. The third-order valence-corrected chi connectivity index (χ3v) is 6.62. The molecule has 1 amide bonds. The zero-order chi connectivity index (χ0) is 16.9. The standard InChI is InChI=1S/C20H30N2OS/c1-15-3-5-18(6-4-15)19-14-24-12-11-22(19)20(23)13-16(2)17-7-9-21-10-8-17/h3-6,16-17,19,21H,7-14H2,1-2H3. The lowest BCUT2D eigenvalue weighted by Gasteiger charge is -2.37. The summed E-state index contributed by atoms with van der Waals surface area (Å²) in [5.74, 6) is 3.64. The average molecular weight is 347 g/mol. The normalized spacial score (nSPS) is 23.9. The molecule has 3 nitrogen and oxygen atoms in total. The molecule has 2 saturated heterocycles. The molecule has 2 fully saturated rings. The number of rotatable bonds is 4. The molecule has 2 heterocycles. The van der Waals surface area contributed by atoms with E-state index in [1.807, 2.05) is 11.8 Å². The molecule has 2 atom stereocenters. The van der Waals surface area contributed by atoms with Crippen LogP contribution in [0.1, 0.15) is 43.4 Å². The lowest BCUT2D eigenvalue weighted by molar-refractivity contribution is -0.134. The van der Waals surface area contributed by atoms with Gasteiger partial charge in [-0.2, -0.15) is 11.8 Å². The zero-order valence-corrected chi connectivity index (χ0v) is 15.8. The lowest BCUT2D eigenvalue weighted by Crippen LogP contribution is -2.42. The number of amides is 1. The first-order valence-corrected chi connectivity index (χ1v) is 10.4. The van der Waals surface area contributed by atoms with Crippen molar-refractivity contribution in [3.63, 3.8) is 0 Å². The maximum absolute atomic E-state index is 13.0. The van der Waals surface area contributed by atoms with Crippen LogP contribution in [0.2, 0.25) is 0 Å². The first-order valence-electron chi connectivity index (χ1n) is 9.29. The second-order valence-corrected chi connectivity index (χ2v) is 8.51. The van der Waals surface area contributed by atoms with Crippen molar-refractivity contribution in [1.82, 2.24) is 10.2 Å². The first-order chi connectivity index (χ1) is 11.6. The maximum Gasteiger partial charge on any atom is 0.223 e. The van der Waals surface area contributed by atoms with Crippen molar-refractivity contribution < 1.29 is 4.79 Å². The highest BCUT2D eigenvalue weighted by molar-refractivity contribution is 7.99. The molecule has 2 aliphatic heterocycles. The Morgan fingerprint density at radius 1 is 1.29 bits per heavy atom. The summed E-state index contributed by atoms with van der Waals surface area (Å²) in [6.07, 6.45) is 3.13. The monoisotopic (exact) mass is 346 g/mol. The van der Waals surface area contributed by atoms with Crippen LogP contribution >= 0.6 is 11.8 Å². The van der Waals surface area contributed by atoms with E-state index in [0.29, 0.717) is 24.2 Å². The average Bonchev–Trinajstić information content (AvgIpc) is 2.63.